The van der Waals surface area contributed by atoms with Gasteiger partial charge in [-0.3, -0.25) is 9.69 Å². The second kappa shape index (κ2) is 4.43. The highest BCUT2D eigenvalue weighted by Crippen LogP contribution is 2.20. The summed E-state index contributed by atoms with van der Waals surface area (Å²) >= 11 is 0. The first-order chi connectivity index (χ1) is 6.90. The Labute approximate surface area is 91.1 Å². The van der Waals surface area contributed by atoms with Crippen LogP contribution in [0.3, 0.4) is 0 Å². The molecule has 0 aliphatic carbocycles. The quantitative estimate of drug-likeness (QED) is 0.744. The van der Waals surface area contributed by atoms with E-state index in [1.807, 2.05) is 18.2 Å². The van der Waals surface area contributed by atoms with E-state index in [0.29, 0.717) is 12.2 Å². The van der Waals surface area contributed by atoms with E-state index in [2.05, 4.69) is 25.8 Å². The van der Waals surface area contributed by atoms with Gasteiger partial charge in [0.05, 0.1) is 0 Å². The number of pyridine rings is 1. The fourth-order valence-corrected chi connectivity index (χ4v) is 1.25. The van der Waals surface area contributed by atoms with Gasteiger partial charge in [0.15, 0.2) is 0 Å². The molecule has 3 nitrogen and oxygen atoms in total. The molecule has 0 atom stereocenters. The Hall–Kier alpha value is -1.38. The lowest BCUT2D eigenvalue weighted by molar-refractivity contribution is -0.120. The lowest BCUT2D eigenvalue weighted by Crippen LogP contribution is -2.30. The maximum Gasteiger partial charge on any atom is 0.228 e. The lowest BCUT2D eigenvalue weighted by atomic mass is 9.92. The summed E-state index contributed by atoms with van der Waals surface area (Å²) < 4.78 is 0. The average Bonchev–Trinajstić information content (AvgIpc) is 2.15. The summed E-state index contributed by atoms with van der Waals surface area (Å²) in [7, 11) is 1.76. The van der Waals surface area contributed by atoms with Crippen LogP contribution in [0.4, 0.5) is 5.82 Å². The second-order valence-electron chi connectivity index (χ2n) is 4.88. The number of amides is 1. The third-order valence-electron chi connectivity index (χ3n) is 2.05. The van der Waals surface area contributed by atoms with Crippen molar-refractivity contribution in [2.75, 3.05) is 11.9 Å². The van der Waals surface area contributed by atoms with Crippen molar-refractivity contribution >= 4 is 11.7 Å². The van der Waals surface area contributed by atoms with E-state index < -0.39 is 0 Å². The van der Waals surface area contributed by atoms with Crippen LogP contribution in [0.15, 0.2) is 24.4 Å². The minimum Gasteiger partial charge on any atom is -0.300 e. The van der Waals surface area contributed by atoms with E-state index in [1.54, 1.807) is 18.1 Å². The highest BCUT2D eigenvalue weighted by Gasteiger charge is 2.19. The summed E-state index contributed by atoms with van der Waals surface area (Å²) in [6.45, 7) is 6.16. The first kappa shape index (κ1) is 11.7. The molecule has 0 spiro atoms. The molecule has 15 heavy (non-hydrogen) atoms. The zero-order chi connectivity index (χ0) is 11.5. The molecule has 1 heterocycles. The standard InChI is InChI=1S/C12H18N2O/c1-12(2,3)9-11(15)14(4)10-7-5-6-8-13-10/h5-8H,9H2,1-4H3. The molecule has 0 bridgehead atoms. The fourth-order valence-electron chi connectivity index (χ4n) is 1.25. The molecular formula is C12H18N2O. The summed E-state index contributed by atoms with van der Waals surface area (Å²) in [6, 6.07) is 5.55. The van der Waals surface area contributed by atoms with Crippen molar-refractivity contribution in [3.8, 4) is 0 Å². The van der Waals surface area contributed by atoms with Gasteiger partial charge in [0.1, 0.15) is 5.82 Å². The molecule has 82 valence electrons. The van der Waals surface area contributed by atoms with E-state index in [9.17, 15) is 4.79 Å². The Bertz CT molecular complexity index is 327. The molecule has 1 aromatic rings. The third-order valence-corrected chi connectivity index (χ3v) is 2.05. The number of carbonyl (C=O) groups excluding carboxylic acids is 1. The molecule has 0 radical (unpaired) electrons. The van der Waals surface area contributed by atoms with Gasteiger partial charge in [-0.25, -0.2) is 4.98 Å². The molecule has 0 saturated carbocycles. The highest BCUT2D eigenvalue weighted by atomic mass is 16.2. The minimum absolute atomic E-state index is 0.0140. The zero-order valence-electron chi connectivity index (χ0n) is 9.82. The SMILES string of the molecule is CN(C(=O)CC(C)(C)C)c1ccccn1. The number of hydrogen-bond donors (Lipinski definition) is 0. The van der Waals surface area contributed by atoms with Gasteiger partial charge in [0.2, 0.25) is 5.91 Å². The van der Waals surface area contributed by atoms with Gasteiger partial charge in [0, 0.05) is 19.7 Å². The van der Waals surface area contributed by atoms with Crippen LogP contribution in [0.5, 0.6) is 0 Å². The topological polar surface area (TPSA) is 33.2 Å². The summed E-state index contributed by atoms with van der Waals surface area (Å²) in [4.78, 5) is 17.6. The number of anilines is 1. The molecule has 1 aromatic heterocycles. The number of aromatic nitrogens is 1. The number of carbonyl (C=O) groups is 1. The van der Waals surface area contributed by atoms with Crippen LogP contribution >= 0.6 is 0 Å². The van der Waals surface area contributed by atoms with Crippen molar-refractivity contribution in [3.05, 3.63) is 24.4 Å². The monoisotopic (exact) mass is 206 g/mol. The normalized spacial score (nSPS) is 11.2. The van der Waals surface area contributed by atoms with Gasteiger partial charge in [-0.2, -0.15) is 0 Å². The molecular weight excluding hydrogens is 188 g/mol. The molecule has 1 amide bonds. The summed E-state index contributed by atoms with van der Waals surface area (Å²) in [5.41, 5.74) is 0.0140. The summed E-state index contributed by atoms with van der Waals surface area (Å²) in [5, 5.41) is 0. The molecule has 0 aliphatic heterocycles. The van der Waals surface area contributed by atoms with Crippen LogP contribution in [-0.2, 0) is 4.79 Å². The second-order valence-corrected chi connectivity index (χ2v) is 4.88. The Morgan fingerprint density at radius 3 is 2.53 bits per heavy atom. The smallest absolute Gasteiger partial charge is 0.228 e. The Kier molecular flexibility index (Phi) is 3.45. The van der Waals surface area contributed by atoms with E-state index in [4.69, 9.17) is 0 Å². The first-order valence-electron chi connectivity index (χ1n) is 5.08. The van der Waals surface area contributed by atoms with E-state index in [1.165, 1.54) is 0 Å². The number of hydrogen-bond acceptors (Lipinski definition) is 2. The van der Waals surface area contributed by atoms with E-state index in [0.717, 1.165) is 0 Å². The number of nitrogens with zero attached hydrogens (tertiary/aromatic N) is 2. The van der Waals surface area contributed by atoms with Crippen molar-refractivity contribution in [1.82, 2.24) is 4.98 Å². The molecule has 0 saturated heterocycles. The van der Waals surface area contributed by atoms with Crippen molar-refractivity contribution in [3.63, 3.8) is 0 Å². The molecule has 0 aromatic carbocycles. The molecule has 1 rings (SSSR count). The van der Waals surface area contributed by atoms with E-state index in [-0.39, 0.29) is 11.3 Å². The maximum atomic E-state index is 11.8. The van der Waals surface area contributed by atoms with Gasteiger partial charge >= 0.3 is 0 Å². The predicted molar refractivity (Wildman–Crippen MR) is 61.7 cm³/mol. The van der Waals surface area contributed by atoms with E-state index >= 15 is 0 Å². The highest BCUT2D eigenvalue weighted by molar-refractivity contribution is 5.92. The van der Waals surface area contributed by atoms with Crippen molar-refractivity contribution in [2.45, 2.75) is 27.2 Å². The molecule has 0 N–H and O–H groups in total. The Morgan fingerprint density at radius 2 is 2.07 bits per heavy atom. The molecule has 0 aliphatic rings. The molecule has 3 heteroatoms. The Morgan fingerprint density at radius 1 is 1.40 bits per heavy atom. The van der Waals surface area contributed by atoms with Crippen molar-refractivity contribution in [1.29, 1.82) is 0 Å². The van der Waals surface area contributed by atoms with Crippen LogP contribution < -0.4 is 4.90 Å². The lowest BCUT2D eigenvalue weighted by Gasteiger charge is -2.22. The zero-order valence-corrected chi connectivity index (χ0v) is 9.82. The maximum absolute atomic E-state index is 11.8. The molecule has 0 unspecified atom stereocenters. The molecule has 0 fully saturated rings. The third kappa shape index (κ3) is 3.70. The summed E-state index contributed by atoms with van der Waals surface area (Å²) in [6.07, 6.45) is 2.22. The van der Waals surface area contributed by atoms with Gasteiger partial charge < -0.3 is 0 Å². The van der Waals surface area contributed by atoms with Crippen molar-refractivity contribution in [2.24, 2.45) is 5.41 Å². The van der Waals surface area contributed by atoms with Crippen LogP contribution in [0.2, 0.25) is 0 Å². The van der Waals surface area contributed by atoms with Gasteiger partial charge in [-0.1, -0.05) is 26.8 Å². The number of rotatable bonds is 2. The predicted octanol–water partition coefficient (Wildman–Crippen LogP) is 2.48. The first-order valence-corrected chi connectivity index (χ1v) is 5.08. The van der Waals surface area contributed by atoms with Gasteiger partial charge in [0.25, 0.3) is 0 Å². The summed E-state index contributed by atoms with van der Waals surface area (Å²) in [5.74, 6) is 0.799. The largest absolute Gasteiger partial charge is 0.300 e. The van der Waals surface area contributed by atoms with Crippen LogP contribution in [0.25, 0.3) is 0 Å². The van der Waals surface area contributed by atoms with Crippen molar-refractivity contribution < 1.29 is 4.79 Å². The average molecular weight is 206 g/mol. The Balaban J connectivity index is 2.70. The van der Waals surface area contributed by atoms with Crippen LogP contribution in [0.1, 0.15) is 27.2 Å². The van der Waals surface area contributed by atoms with Crippen LogP contribution in [0, 0.1) is 5.41 Å². The van der Waals surface area contributed by atoms with Gasteiger partial charge in [-0.15, -0.1) is 0 Å². The van der Waals surface area contributed by atoms with Crippen LogP contribution in [-0.4, -0.2) is 17.9 Å². The fraction of sp³-hybridized carbons (Fsp3) is 0.500. The van der Waals surface area contributed by atoms with Gasteiger partial charge in [-0.05, 0) is 17.5 Å². The minimum atomic E-state index is 0.0140.